The first-order valence-electron chi connectivity index (χ1n) is 23.9. The number of hydrogen-bond acceptors (Lipinski definition) is 5. The van der Waals surface area contributed by atoms with Gasteiger partial charge in [-0.3, -0.25) is 4.79 Å². The van der Waals surface area contributed by atoms with Crippen molar-refractivity contribution in [2.24, 2.45) is 0 Å². The van der Waals surface area contributed by atoms with E-state index in [-0.39, 0.29) is 0 Å². The van der Waals surface area contributed by atoms with Crippen LogP contribution in [-0.4, -0.2) is 57.3 Å². The maximum absolute atomic E-state index is 12.5. The number of carbonyl (C=O) groups is 1. The van der Waals surface area contributed by atoms with Crippen LogP contribution in [0, 0.1) is 0 Å². The molecule has 1 amide bonds. The Balaban J connectivity index is 3.60. The van der Waals surface area contributed by atoms with Crippen molar-refractivity contribution in [3.05, 3.63) is 36.5 Å². The van der Waals surface area contributed by atoms with Crippen LogP contribution >= 0.6 is 0 Å². The number of rotatable bonds is 43. The zero-order chi connectivity index (χ0) is 40.3. The highest BCUT2D eigenvalue weighted by molar-refractivity contribution is 5.80. The Bertz CT molecular complexity index is 873. The van der Waals surface area contributed by atoms with Gasteiger partial charge in [0.05, 0.1) is 18.8 Å². The molecular formula is C49H93NO5. The van der Waals surface area contributed by atoms with Crippen molar-refractivity contribution in [1.82, 2.24) is 5.32 Å². The van der Waals surface area contributed by atoms with Crippen molar-refractivity contribution in [3.63, 3.8) is 0 Å². The van der Waals surface area contributed by atoms with Crippen molar-refractivity contribution < 1.29 is 25.2 Å². The molecule has 0 aromatic heterocycles. The van der Waals surface area contributed by atoms with E-state index in [1.165, 1.54) is 161 Å². The van der Waals surface area contributed by atoms with Crippen LogP contribution in [0.15, 0.2) is 36.5 Å². The van der Waals surface area contributed by atoms with E-state index in [4.69, 9.17) is 0 Å². The number of unbranched alkanes of at least 4 members (excludes halogenated alkanes) is 28. The molecule has 0 spiro atoms. The highest BCUT2D eigenvalue weighted by Crippen LogP contribution is 2.16. The average molecular weight is 776 g/mol. The molecular weight excluding hydrogens is 683 g/mol. The molecule has 324 valence electrons. The molecule has 6 nitrogen and oxygen atoms in total. The molecule has 0 saturated carbocycles. The molecule has 0 rings (SSSR count). The Hall–Kier alpha value is -1.47. The minimum atomic E-state index is -1.29. The van der Waals surface area contributed by atoms with E-state index in [0.717, 1.165) is 44.9 Å². The van der Waals surface area contributed by atoms with Crippen LogP contribution < -0.4 is 5.32 Å². The van der Waals surface area contributed by atoms with Crippen LogP contribution in [-0.2, 0) is 4.79 Å². The van der Waals surface area contributed by atoms with Crippen molar-refractivity contribution in [2.45, 2.75) is 263 Å². The van der Waals surface area contributed by atoms with Gasteiger partial charge in [0.1, 0.15) is 12.2 Å². The molecule has 0 saturated heterocycles. The van der Waals surface area contributed by atoms with E-state index in [1.54, 1.807) is 0 Å². The fourth-order valence-corrected chi connectivity index (χ4v) is 7.25. The molecule has 0 fully saturated rings. The van der Waals surface area contributed by atoms with Crippen molar-refractivity contribution in [2.75, 3.05) is 6.61 Å². The summed E-state index contributed by atoms with van der Waals surface area (Å²) in [7, 11) is 0. The number of aliphatic hydroxyl groups is 4. The van der Waals surface area contributed by atoms with Crippen LogP contribution in [0.2, 0.25) is 0 Å². The molecule has 0 aromatic carbocycles. The summed E-state index contributed by atoms with van der Waals surface area (Å²) in [6, 6.07) is -1.01. The summed E-state index contributed by atoms with van der Waals surface area (Å²) in [5.74, 6) is -0.599. The predicted octanol–water partition coefficient (Wildman–Crippen LogP) is 12.9. The van der Waals surface area contributed by atoms with E-state index in [9.17, 15) is 25.2 Å². The molecule has 4 atom stereocenters. The van der Waals surface area contributed by atoms with Gasteiger partial charge in [-0.05, 0) is 70.6 Å². The summed E-state index contributed by atoms with van der Waals surface area (Å²) in [4.78, 5) is 12.5. The zero-order valence-corrected chi connectivity index (χ0v) is 36.4. The number of carbonyl (C=O) groups excluding carboxylic acids is 1. The van der Waals surface area contributed by atoms with Gasteiger partial charge in [0, 0.05) is 0 Å². The lowest BCUT2D eigenvalue weighted by Gasteiger charge is -2.27. The molecule has 0 aliphatic carbocycles. The lowest BCUT2D eigenvalue weighted by atomic mass is 10.00. The van der Waals surface area contributed by atoms with Gasteiger partial charge in [-0.15, -0.1) is 0 Å². The van der Waals surface area contributed by atoms with E-state index < -0.39 is 36.9 Å². The highest BCUT2D eigenvalue weighted by atomic mass is 16.3. The Kier molecular flexibility index (Phi) is 42.5. The topological polar surface area (TPSA) is 110 Å². The quantitative estimate of drug-likeness (QED) is 0.0313. The van der Waals surface area contributed by atoms with Crippen LogP contribution in [0.5, 0.6) is 0 Å². The summed E-state index contributed by atoms with van der Waals surface area (Å²) in [5.41, 5.74) is 0. The molecule has 0 radical (unpaired) electrons. The fraction of sp³-hybridized carbons (Fsp3) is 0.857. The zero-order valence-electron chi connectivity index (χ0n) is 36.4. The van der Waals surface area contributed by atoms with Gasteiger partial charge >= 0.3 is 0 Å². The lowest BCUT2D eigenvalue weighted by molar-refractivity contribution is -0.132. The monoisotopic (exact) mass is 776 g/mol. The molecule has 0 aliphatic rings. The highest BCUT2D eigenvalue weighted by Gasteiger charge is 2.28. The smallest absolute Gasteiger partial charge is 0.249 e. The Morgan fingerprint density at radius 3 is 1.22 bits per heavy atom. The summed E-state index contributed by atoms with van der Waals surface area (Å²) in [6.45, 7) is 3.96. The Morgan fingerprint density at radius 2 is 0.800 bits per heavy atom. The Labute approximate surface area is 341 Å². The van der Waals surface area contributed by atoms with Crippen molar-refractivity contribution in [1.29, 1.82) is 0 Å². The average Bonchev–Trinajstić information content (AvgIpc) is 3.19. The Morgan fingerprint density at radius 1 is 0.436 bits per heavy atom. The van der Waals surface area contributed by atoms with Crippen molar-refractivity contribution >= 4 is 5.91 Å². The molecule has 0 aromatic rings. The third kappa shape index (κ3) is 37.8. The number of allylic oxidation sites excluding steroid dienone is 6. The molecule has 0 aliphatic heterocycles. The minimum absolute atomic E-state index is 0.360. The number of hydrogen-bond donors (Lipinski definition) is 5. The van der Waals surface area contributed by atoms with E-state index in [2.05, 4.69) is 55.6 Å². The third-order valence-corrected chi connectivity index (χ3v) is 11.0. The number of aliphatic hydroxyl groups excluding tert-OH is 4. The maximum atomic E-state index is 12.5. The van der Waals surface area contributed by atoms with Gasteiger partial charge in [0.2, 0.25) is 5.91 Å². The molecule has 0 heterocycles. The van der Waals surface area contributed by atoms with Crippen LogP contribution in [0.4, 0.5) is 0 Å². The second-order valence-corrected chi connectivity index (χ2v) is 16.4. The van der Waals surface area contributed by atoms with Gasteiger partial charge in [0.15, 0.2) is 0 Å². The third-order valence-electron chi connectivity index (χ3n) is 11.0. The summed E-state index contributed by atoms with van der Waals surface area (Å²) in [6.07, 6.45) is 52.1. The molecule has 5 N–H and O–H groups in total. The van der Waals surface area contributed by atoms with E-state index in [0.29, 0.717) is 19.3 Å². The van der Waals surface area contributed by atoms with Crippen LogP contribution in [0.25, 0.3) is 0 Å². The van der Waals surface area contributed by atoms with Gasteiger partial charge in [-0.2, -0.15) is 0 Å². The van der Waals surface area contributed by atoms with Gasteiger partial charge in [0.25, 0.3) is 0 Å². The van der Waals surface area contributed by atoms with Gasteiger partial charge in [-0.1, -0.05) is 204 Å². The lowest BCUT2D eigenvalue weighted by Crippen LogP contribution is -2.53. The number of nitrogens with one attached hydrogen (secondary N) is 1. The molecule has 55 heavy (non-hydrogen) atoms. The first-order chi connectivity index (χ1) is 27.0. The molecule has 6 heteroatoms. The fourth-order valence-electron chi connectivity index (χ4n) is 7.25. The normalized spacial score (nSPS) is 14.4. The summed E-state index contributed by atoms with van der Waals surface area (Å²) < 4.78 is 0. The van der Waals surface area contributed by atoms with E-state index in [1.807, 2.05) is 0 Å². The van der Waals surface area contributed by atoms with Crippen LogP contribution in [0.1, 0.15) is 239 Å². The van der Waals surface area contributed by atoms with Gasteiger partial charge in [-0.25, -0.2) is 0 Å². The molecule has 4 unspecified atom stereocenters. The summed E-state index contributed by atoms with van der Waals surface area (Å²) >= 11 is 0. The first-order valence-corrected chi connectivity index (χ1v) is 23.9. The second-order valence-electron chi connectivity index (χ2n) is 16.4. The van der Waals surface area contributed by atoms with E-state index >= 15 is 0 Å². The first kappa shape index (κ1) is 53.5. The molecule has 0 bridgehead atoms. The predicted molar refractivity (Wildman–Crippen MR) is 237 cm³/mol. The largest absolute Gasteiger partial charge is 0.394 e. The standard InChI is InChI=1S/C49H93NO5/c1-3-5-7-9-11-13-15-16-17-18-19-20-21-22-23-24-25-26-27-28-29-30-31-32-33-35-37-39-41-43-47(53)49(55)50-45(44-51)48(54)46(52)42-40-38-36-34-14-12-10-8-6-4-2/h8,10,22-23,34,36,45-48,51-54H,3-7,9,11-21,24-33,35,37-44H2,1-2H3,(H,50,55)/b10-8+,23-22-,36-34+. The number of amides is 1. The summed E-state index contributed by atoms with van der Waals surface area (Å²) in [5, 5.41) is 43.5. The van der Waals surface area contributed by atoms with Crippen molar-refractivity contribution in [3.8, 4) is 0 Å². The van der Waals surface area contributed by atoms with Gasteiger partial charge < -0.3 is 25.7 Å². The minimum Gasteiger partial charge on any atom is -0.394 e. The second kappa shape index (κ2) is 43.6. The van der Waals surface area contributed by atoms with Crippen LogP contribution in [0.3, 0.4) is 0 Å². The SMILES string of the molecule is CCC/C=C/CC/C=C/CCCC(O)C(O)C(CO)NC(=O)C(O)CCCCCCCCCCCCCCC/C=C\CCCCCCCCCCCCCC. The maximum Gasteiger partial charge on any atom is 0.249 e.